The Kier molecular flexibility index (Phi) is 1.21. The number of fused-ring (bicyclic) bond motifs is 1. The molecule has 0 aromatic carbocycles. The molecule has 16 heavy (non-hydrogen) atoms. The zero-order chi connectivity index (χ0) is 10.8. The maximum absolute atomic E-state index is 2.70. The molecule has 9 saturated carbocycles. The second kappa shape index (κ2) is 2.15. The first kappa shape index (κ1) is 9.00. The van der Waals surface area contributed by atoms with Gasteiger partial charge in [0.2, 0.25) is 0 Å². The first-order valence-corrected chi connectivity index (χ1v) is 7.60. The topological polar surface area (TPSA) is 0 Å². The van der Waals surface area contributed by atoms with Crippen LogP contribution in [0.2, 0.25) is 0 Å². The van der Waals surface area contributed by atoms with Crippen molar-refractivity contribution < 1.29 is 0 Å². The van der Waals surface area contributed by atoms with Crippen LogP contribution in [0.25, 0.3) is 0 Å². The molecule has 7 unspecified atom stereocenters. The number of hydrogen-bond acceptors (Lipinski definition) is 0. The van der Waals surface area contributed by atoms with Gasteiger partial charge in [0.25, 0.3) is 0 Å². The van der Waals surface area contributed by atoms with Crippen molar-refractivity contribution in [3.8, 4) is 0 Å². The lowest BCUT2D eigenvalue weighted by Gasteiger charge is -2.70. The van der Waals surface area contributed by atoms with Gasteiger partial charge in [-0.15, -0.1) is 0 Å². The molecule has 0 nitrogen and oxygen atoms in total. The van der Waals surface area contributed by atoms with Crippen molar-refractivity contribution in [2.24, 2.45) is 39.9 Å². The van der Waals surface area contributed by atoms with Crippen LogP contribution in [-0.4, -0.2) is 0 Å². The Morgan fingerprint density at radius 1 is 1.06 bits per heavy atom. The molecule has 0 heterocycles. The molecule has 0 saturated heterocycles. The average molecular weight is 216 g/mol. The molecule has 6 bridgehead atoms. The fourth-order valence-corrected chi connectivity index (χ4v) is 7.87. The van der Waals surface area contributed by atoms with Crippen molar-refractivity contribution in [2.45, 2.75) is 58.8 Å². The van der Waals surface area contributed by atoms with Gasteiger partial charge in [-0.1, -0.05) is 13.8 Å². The van der Waals surface area contributed by atoms with E-state index in [0.717, 1.165) is 39.9 Å². The first-order valence-electron chi connectivity index (χ1n) is 7.60. The molecule has 9 rings (SSSR count). The van der Waals surface area contributed by atoms with Crippen molar-refractivity contribution in [1.29, 1.82) is 0 Å². The zero-order valence-corrected chi connectivity index (χ0v) is 10.8. The number of hydrogen-bond donors (Lipinski definition) is 0. The Morgan fingerprint density at radius 2 is 1.94 bits per heavy atom. The highest BCUT2D eigenvalue weighted by Crippen LogP contribution is 2.90. The largest absolute Gasteiger partial charge is 0.0620 e. The fraction of sp³-hybridized carbons (Fsp3) is 1.00. The summed E-state index contributed by atoms with van der Waals surface area (Å²) in [6.07, 6.45) is 11.3. The molecule has 88 valence electrons. The molecule has 2 spiro atoms. The lowest BCUT2D eigenvalue weighted by atomic mass is 9.34. The molecular formula is C16H24. The summed E-state index contributed by atoms with van der Waals surface area (Å²) in [7, 11) is 0. The molecule has 0 radical (unpaired) electrons. The smallest absolute Gasteiger partial charge is 0.0201 e. The third-order valence-electron chi connectivity index (χ3n) is 8.71. The van der Waals surface area contributed by atoms with Crippen LogP contribution in [-0.2, 0) is 0 Å². The molecule has 9 aliphatic carbocycles. The van der Waals surface area contributed by atoms with Crippen molar-refractivity contribution in [2.75, 3.05) is 0 Å². The lowest BCUT2D eigenvalue weighted by Crippen LogP contribution is -2.62. The standard InChI is InChI=1S/C16H24/c1-10-11-3-4-14(2)15(6-11)8-13-5-12(10)7-16(13,14)9-15/h10-13H,3-9H2,1-2H3. The molecule has 0 N–H and O–H groups in total. The molecule has 0 amide bonds. The van der Waals surface area contributed by atoms with Crippen LogP contribution in [0.4, 0.5) is 0 Å². The summed E-state index contributed by atoms with van der Waals surface area (Å²) in [5.41, 5.74) is 2.51. The summed E-state index contributed by atoms with van der Waals surface area (Å²) in [5.74, 6) is 4.45. The van der Waals surface area contributed by atoms with Gasteiger partial charge in [-0.2, -0.15) is 0 Å². The molecule has 9 fully saturated rings. The van der Waals surface area contributed by atoms with Gasteiger partial charge in [0.05, 0.1) is 0 Å². The Labute approximate surface area is 99.2 Å². The van der Waals surface area contributed by atoms with Gasteiger partial charge in [0, 0.05) is 0 Å². The third kappa shape index (κ3) is 0.596. The van der Waals surface area contributed by atoms with E-state index in [9.17, 15) is 0 Å². The van der Waals surface area contributed by atoms with E-state index in [0.29, 0.717) is 0 Å². The average Bonchev–Trinajstić information content (AvgIpc) is 2.79. The molecular weight excluding hydrogens is 192 g/mol. The highest BCUT2D eigenvalue weighted by molar-refractivity contribution is 5.31. The molecule has 0 aromatic heterocycles. The Morgan fingerprint density at radius 3 is 2.81 bits per heavy atom. The van der Waals surface area contributed by atoms with Crippen molar-refractivity contribution in [3.05, 3.63) is 0 Å². The van der Waals surface area contributed by atoms with Crippen LogP contribution in [0.15, 0.2) is 0 Å². The van der Waals surface area contributed by atoms with Gasteiger partial charge in [-0.05, 0) is 84.9 Å². The van der Waals surface area contributed by atoms with Crippen LogP contribution in [0.1, 0.15) is 58.8 Å². The first-order chi connectivity index (χ1) is 7.60. The molecule has 0 aliphatic heterocycles. The second-order valence-corrected chi connectivity index (χ2v) is 8.41. The molecule has 7 atom stereocenters. The highest BCUT2D eigenvalue weighted by atomic mass is 14.9. The predicted molar refractivity (Wildman–Crippen MR) is 64.9 cm³/mol. The van der Waals surface area contributed by atoms with E-state index >= 15 is 0 Å². The fourth-order valence-electron chi connectivity index (χ4n) is 7.87. The Bertz CT molecular complexity index is 377. The zero-order valence-electron chi connectivity index (χ0n) is 10.8. The SMILES string of the molecule is CC1C2CCC3(C)C4(C2)CC2CC1CC23C4. The summed E-state index contributed by atoms with van der Waals surface area (Å²) >= 11 is 0. The van der Waals surface area contributed by atoms with Crippen molar-refractivity contribution in [3.63, 3.8) is 0 Å². The minimum atomic E-state index is 0.802. The van der Waals surface area contributed by atoms with E-state index in [1.54, 1.807) is 44.9 Å². The van der Waals surface area contributed by atoms with E-state index in [2.05, 4.69) is 13.8 Å². The van der Waals surface area contributed by atoms with Crippen molar-refractivity contribution >= 4 is 0 Å². The van der Waals surface area contributed by atoms with E-state index in [1.807, 2.05) is 0 Å². The van der Waals surface area contributed by atoms with Crippen LogP contribution in [0.5, 0.6) is 0 Å². The maximum atomic E-state index is 2.70. The van der Waals surface area contributed by atoms with Crippen LogP contribution < -0.4 is 0 Å². The minimum Gasteiger partial charge on any atom is -0.0620 e. The quantitative estimate of drug-likeness (QED) is 0.568. The third-order valence-corrected chi connectivity index (χ3v) is 8.71. The van der Waals surface area contributed by atoms with Gasteiger partial charge in [-0.25, -0.2) is 0 Å². The molecule has 9 aliphatic rings. The van der Waals surface area contributed by atoms with Crippen LogP contribution >= 0.6 is 0 Å². The second-order valence-electron chi connectivity index (χ2n) is 8.41. The number of rotatable bonds is 0. The summed E-state index contributed by atoms with van der Waals surface area (Å²) in [4.78, 5) is 0. The highest BCUT2D eigenvalue weighted by Gasteiger charge is 2.82. The minimum absolute atomic E-state index is 0.802. The van der Waals surface area contributed by atoms with E-state index in [1.165, 1.54) is 0 Å². The summed E-state index contributed by atoms with van der Waals surface area (Å²) in [6, 6.07) is 0. The van der Waals surface area contributed by atoms with Crippen LogP contribution in [0, 0.1) is 39.9 Å². The van der Waals surface area contributed by atoms with E-state index in [4.69, 9.17) is 0 Å². The summed E-state index contributed by atoms with van der Waals surface area (Å²) < 4.78 is 0. The normalized spacial score (nSPS) is 73.9. The van der Waals surface area contributed by atoms with Crippen molar-refractivity contribution in [1.82, 2.24) is 0 Å². The molecule has 0 heteroatoms. The summed E-state index contributed by atoms with van der Waals surface area (Å²) in [5, 5.41) is 0. The lowest BCUT2D eigenvalue weighted by molar-refractivity contribution is -0.211. The Hall–Kier alpha value is 0. The van der Waals surface area contributed by atoms with Gasteiger partial charge >= 0.3 is 0 Å². The van der Waals surface area contributed by atoms with Gasteiger partial charge in [-0.3, -0.25) is 0 Å². The van der Waals surface area contributed by atoms with E-state index in [-0.39, 0.29) is 0 Å². The Balaban J connectivity index is 1.76. The van der Waals surface area contributed by atoms with Gasteiger partial charge < -0.3 is 0 Å². The van der Waals surface area contributed by atoms with Gasteiger partial charge in [0.15, 0.2) is 0 Å². The predicted octanol–water partition coefficient (Wildman–Crippen LogP) is 4.25. The molecule has 0 aromatic rings. The van der Waals surface area contributed by atoms with Gasteiger partial charge in [0.1, 0.15) is 0 Å². The monoisotopic (exact) mass is 216 g/mol. The van der Waals surface area contributed by atoms with Crippen LogP contribution in [0.3, 0.4) is 0 Å². The van der Waals surface area contributed by atoms with E-state index < -0.39 is 0 Å². The summed E-state index contributed by atoms with van der Waals surface area (Å²) in [6.45, 7) is 5.29. The maximum Gasteiger partial charge on any atom is -0.0201 e.